The Bertz CT molecular complexity index is 1080. The summed E-state index contributed by atoms with van der Waals surface area (Å²) in [6.45, 7) is 3.91. The number of rotatable bonds is 7. The minimum absolute atomic E-state index is 0.0170. The molecule has 0 unspecified atom stereocenters. The quantitative estimate of drug-likeness (QED) is 0.464. The maximum Gasteiger partial charge on any atom is 0.280 e. The zero-order valence-corrected chi connectivity index (χ0v) is 18.0. The number of nitrogens with zero attached hydrogens (tertiary/aromatic N) is 6. The highest BCUT2D eigenvalue weighted by Crippen LogP contribution is 2.32. The molecular weight excluding hydrogens is 472 g/mol. The van der Waals surface area contributed by atoms with Crippen LogP contribution in [-0.4, -0.2) is 42.4 Å². The molecule has 162 valence electrons. The maximum absolute atomic E-state index is 13.4. The van der Waals surface area contributed by atoms with E-state index in [-0.39, 0.29) is 29.8 Å². The fourth-order valence-electron chi connectivity index (χ4n) is 3.18. The largest absolute Gasteiger partial charge is 0.338 e. The number of likely N-dealkylation sites (N-methyl/N-ethyl adjacent to an activating group) is 1. The van der Waals surface area contributed by atoms with Crippen molar-refractivity contribution in [1.29, 1.82) is 0 Å². The van der Waals surface area contributed by atoms with E-state index in [1.165, 1.54) is 11.8 Å². The molecule has 0 aliphatic rings. The van der Waals surface area contributed by atoms with E-state index in [0.29, 0.717) is 12.6 Å². The maximum atomic E-state index is 13.4. The summed E-state index contributed by atoms with van der Waals surface area (Å²) >= 11 is 3.39. The van der Waals surface area contributed by atoms with Crippen LogP contribution in [0.2, 0.25) is 0 Å². The lowest BCUT2D eigenvalue weighted by atomic mass is 10.1. The van der Waals surface area contributed by atoms with Gasteiger partial charge in [0, 0.05) is 19.2 Å². The van der Waals surface area contributed by atoms with Crippen LogP contribution >= 0.6 is 15.9 Å². The number of hydrogen-bond donors (Lipinski definition) is 0. The van der Waals surface area contributed by atoms with E-state index >= 15 is 0 Å². The number of pyridine rings is 1. The molecule has 12 heteroatoms. The second-order valence-corrected chi connectivity index (χ2v) is 7.54. The first-order valence-electron chi connectivity index (χ1n) is 9.02. The van der Waals surface area contributed by atoms with Crippen molar-refractivity contribution in [3.63, 3.8) is 0 Å². The van der Waals surface area contributed by atoms with Crippen molar-refractivity contribution in [1.82, 2.24) is 29.4 Å². The molecule has 0 aromatic carbocycles. The number of hydrogen-bond acceptors (Lipinski definition) is 4. The topological polar surface area (TPSA) is 68.8 Å². The molecule has 3 aromatic heterocycles. The predicted octanol–water partition coefficient (Wildman–Crippen LogP) is 4.25. The molecule has 0 spiro atoms. The van der Waals surface area contributed by atoms with Gasteiger partial charge < -0.3 is 4.90 Å². The molecule has 7 nitrogen and oxygen atoms in total. The lowest BCUT2D eigenvalue weighted by Gasteiger charge is -2.18. The molecule has 0 atom stereocenters. The Morgan fingerprint density at radius 3 is 2.53 bits per heavy atom. The van der Waals surface area contributed by atoms with Crippen LogP contribution in [0, 0.1) is 6.92 Å². The van der Waals surface area contributed by atoms with Gasteiger partial charge in [0.25, 0.3) is 12.9 Å². The molecule has 1 amide bonds. The van der Waals surface area contributed by atoms with Gasteiger partial charge in [0.1, 0.15) is 12.2 Å². The number of carbonyl (C=O) groups excluding carboxylic acids is 1. The van der Waals surface area contributed by atoms with Crippen molar-refractivity contribution in [2.24, 2.45) is 0 Å². The van der Waals surface area contributed by atoms with Crippen molar-refractivity contribution in [3.05, 3.63) is 39.4 Å². The molecule has 3 heterocycles. The molecular formula is C18H19BrF4N6O. The van der Waals surface area contributed by atoms with Gasteiger partial charge in [-0.25, -0.2) is 27.2 Å². The fourth-order valence-corrected chi connectivity index (χ4v) is 3.60. The summed E-state index contributed by atoms with van der Waals surface area (Å²) in [5.74, 6) is -0.391. The number of fused-ring (bicyclic) bond motifs is 1. The highest BCUT2D eigenvalue weighted by molar-refractivity contribution is 9.10. The zero-order valence-electron chi connectivity index (χ0n) is 16.4. The van der Waals surface area contributed by atoms with Gasteiger partial charge in [-0.15, -0.1) is 0 Å². The van der Waals surface area contributed by atoms with E-state index in [1.54, 1.807) is 17.9 Å². The van der Waals surface area contributed by atoms with Crippen LogP contribution in [0.3, 0.4) is 0 Å². The molecule has 3 rings (SSSR count). The fraction of sp³-hybridized carbons (Fsp3) is 0.444. The first-order valence-corrected chi connectivity index (χ1v) is 9.81. The van der Waals surface area contributed by atoms with Crippen LogP contribution in [0.4, 0.5) is 17.6 Å². The Kier molecular flexibility index (Phi) is 6.44. The van der Waals surface area contributed by atoms with Gasteiger partial charge in [0.05, 0.1) is 34.0 Å². The summed E-state index contributed by atoms with van der Waals surface area (Å²) in [6, 6.07) is 0.689. The summed E-state index contributed by atoms with van der Waals surface area (Å²) in [7, 11) is 1.57. The minimum atomic E-state index is -3.03. The molecule has 0 radical (unpaired) electrons. The summed E-state index contributed by atoms with van der Waals surface area (Å²) in [5.41, 5.74) is -0.544. The smallest absolute Gasteiger partial charge is 0.280 e. The molecule has 0 bridgehead atoms. The average Bonchev–Trinajstić information content (AvgIpc) is 3.20. The highest BCUT2D eigenvalue weighted by atomic mass is 79.9. The van der Waals surface area contributed by atoms with Crippen molar-refractivity contribution < 1.29 is 22.4 Å². The number of aryl methyl sites for hydroxylation is 2. The van der Waals surface area contributed by atoms with Gasteiger partial charge in [-0.2, -0.15) is 10.2 Å². The third-order valence-electron chi connectivity index (χ3n) is 4.68. The number of aromatic nitrogens is 5. The third kappa shape index (κ3) is 4.18. The molecule has 0 N–H and O–H groups in total. The zero-order chi connectivity index (χ0) is 22.2. The Hall–Kier alpha value is -2.50. The monoisotopic (exact) mass is 490 g/mol. The van der Waals surface area contributed by atoms with E-state index in [4.69, 9.17) is 0 Å². The Labute approximate surface area is 177 Å². The number of amides is 1. The van der Waals surface area contributed by atoms with Gasteiger partial charge in [-0.1, -0.05) is 0 Å². The van der Waals surface area contributed by atoms with E-state index in [2.05, 4.69) is 31.1 Å². The number of halogens is 5. The van der Waals surface area contributed by atoms with E-state index in [0.717, 1.165) is 14.8 Å². The Morgan fingerprint density at radius 2 is 1.93 bits per heavy atom. The first kappa shape index (κ1) is 22.2. The number of carbonyl (C=O) groups is 1. The van der Waals surface area contributed by atoms with Crippen LogP contribution < -0.4 is 0 Å². The van der Waals surface area contributed by atoms with Crippen molar-refractivity contribution in [2.45, 2.75) is 46.3 Å². The van der Waals surface area contributed by atoms with Crippen LogP contribution in [0.25, 0.3) is 11.0 Å². The summed E-state index contributed by atoms with van der Waals surface area (Å²) in [6.07, 6.45) is -4.38. The summed E-state index contributed by atoms with van der Waals surface area (Å²) < 4.78 is 56.8. The average molecular weight is 491 g/mol. The lowest BCUT2D eigenvalue weighted by molar-refractivity contribution is -0.131. The van der Waals surface area contributed by atoms with Crippen LogP contribution in [-0.2, 0) is 24.4 Å². The first-order chi connectivity index (χ1) is 14.1. The van der Waals surface area contributed by atoms with Crippen LogP contribution in [0.15, 0.2) is 16.7 Å². The van der Waals surface area contributed by atoms with E-state index < -0.39 is 30.0 Å². The summed E-state index contributed by atoms with van der Waals surface area (Å²) in [4.78, 5) is 17.9. The van der Waals surface area contributed by atoms with Crippen molar-refractivity contribution >= 4 is 32.9 Å². The van der Waals surface area contributed by atoms with Gasteiger partial charge >= 0.3 is 0 Å². The van der Waals surface area contributed by atoms with Gasteiger partial charge in [0.2, 0.25) is 5.91 Å². The van der Waals surface area contributed by atoms with Gasteiger partial charge in [-0.3, -0.25) is 9.48 Å². The molecule has 0 fully saturated rings. The van der Waals surface area contributed by atoms with Gasteiger partial charge in [0.15, 0.2) is 5.65 Å². The second kappa shape index (κ2) is 8.70. The summed E-state index contributed by atoms with van der Waals surface area (Å²) in [5, 5.41) is 8.28. The van der Waals surface area contributed by atoms with E-state index in [1.807, 2.05) is 6.92 Å². The van der Waals surface area contributed by atoms with Crippen molar-refractivity contribution in [3.8, 4) is 0 Å². The van der Waals surface area contributed by atoms with Gasteiger partial charge in [-0.05, 0) is 35.8 Å². The number of alkyl halides is 4. The molecule has 30 heavy (non-hydrogen) atoms. The molecule has 0 saturated carbocycles. The van der Waals surface area contributed by atoms with Crippen LogP contribution in [0.1, 0.15) is 42.4 Å². The standard InChI is InChI=1S/C18H19BrF4N6O/c1-4-28-13(11(19)6-24-28)7-27(3)14(30)8-29-18-15(9(2)26-29)10(16(20)21)5-12(25-18)17(22)23/h5-6,16-17H,4,7-8H2,1-3H3. The molecule has 0 aliphatic heterocycles. The Balaban J connectivity index is 1.93. The van der Waals surface area contributed by atoms with E-state index in [9.17, 15) is 22.4 Å². The molecule has 3 aromatic rings. The minimum Gasteiger partial charge on any atom is -0.338 e. The van der Waals surface area contributed by atoms with Crippen LogP contribution in [0.5, 0.6) is 0 Å². The third-order valence-corrected chi connectivity index (χ3v) is 5.34. The van der Waals surface area contributed by atoms with Crippen molar-refractivity contribution in [2.75, 3.05) is 7.05 Å². The lowest BCUT2D eigenvalue weighted by Crippen LogP contribution is -2.31. The molecule has 0 aliphatic carbocycles. The Morgan fingerprint density at radius 1 is 1.23 bits per heavy atom. The molecule has 0 saturated heterocycles. The SMILES string of the molecule is CCn1ncc(Br)c1CN(C)C(=O)Cn1nc(C)c2c(C(F)F)cc(C(F)F)nc21. The highest BCUT2D eigenvalue weighted by Gasteiger charge is 2.24. The second-order valence-electron chi connectivity index (χ2n) is 6.68. The normalized spacial score (nSPS) is 11.8. The predicted molar refractivity (Wildman–Crippen MR) is 104 cm³/mol.